The van der Waals surface area contributed by atoms with Gasteiger partial charge in [-0.1, -0.05) is 16.8 Å². The molecule has 1 aliphatic rings. The molecule has 0 fully saturated rings. The van der Waals surface area contributed by atoms with Crippen LogP contribution in [0.4, 0.5) is 0 Å². The van der Waals surface area contributed by atoms with Gasteiger partial charge in [0.2, 0.25) is 5.91 Å². The van der Waals surface area contributed by atoms with Gasteiger partial charge in [0.1, 0.15) is 11.6 Å². The average molecular weight is 310 g/mol. The minimum absolute atomic E-state index is 0.0706. The number of rotatable bonds is 3. The Bertz CT molecular complexity index is 665. The fraction of sp³-hybridized carbons (Fsp3) is 0.538. The van der Waals surface area contributed by atoms with E-state index in [0.29, 0.717) is 36.8 Å². The molecule has 7 nitrogen and oxygen atoms in total. The van der Waals surface area contributed by atoms with Crippen molar-refractivity contribution in [2.45, 2.75) is 39.3 Å². The van der Waals surface area contributed by atoms with Crippen LogP contribution >= 0.6 is 11.6 Å². The molecule has 1 aliphatic heterocycles. The molecule has 8 heteroatoms. The minimum atomic E-state index is 0.0706. The SMILES string of the molecule is Cc1nnc2n1C(C)CN(C(=O)CCc1cc(Cl)no1)C2. The molecule has 2 aromatic heterocycles. The van der Waals surface area contributed by atoms with E-state index in [1.165, 1.54) is 0 Å². The van der Waals surface area contributed by atoms with Crippen molar-refractivity contribution in [3.8, 4) is 0 Å². The van der Waals surface area contributed by atoms with Crippen LogP contribution in [-0.4, -0.2) is 37.3 Å². The highest BCUT2D eigenvalue weighted by Gasteiger charge is 2.27. The lowest BCUT2D eigenvalue weighted by Gasteiger charge is -2.32. The van der Waals surface area contributed by atoms with E-state index < -0.39 is 0 Å². The monoisotopic (exact) mass is 309 g/mol. The number of fused-ring (bicyclic) bond motifs is 1. The molecular formula is C13H16ClN5O2. The lowest BCUT2D eigenvalue weighted by molar-refractivity contribution is -0.133. The Balaban J connectivity index is 1.64. The van der Waals surface area contributed by atoms with Gasteiger partial charge in [-0.3, -0.25) is 4.79 Å². The van der Waals surface area contributed by atoms with Crippen molar-refractivity contribution in [2.24, 2.45) is 0 Å². The third-order valence-electron chi connectivity index (χ3n) is 3.66. The van der Waals surface area contributed by atoms with Crippen molar-refractivity contribution in [1.29, 1.82) is 0 Å². The Kier molecular flexibility index (Phi) is 3.67. The van der Waals surface area contributed by atoms with Gasteiger partial charge in [0.05, 0.1) is 12.6 Å². The number of amides is 1. The minimum Gasteiger partial charge on any atom is -0.360 e. The zero-order chi connectivity index (χ0) is 15.0. The van der Waals surface area contributed by atoms with Gasteiger partial charge in [-0.2, -0.15) is 0 Å². The number of nitrogens with zero attached hydrogens (tertiary/aromatic N) is 5. The summed E-state index contributed by atoms with van der Waals surface area (Å²) in [6, 6.07) is 1.82. The van der Waals surface area contributed by atoms with E-state index in [4.69, 9.17) is 16.1 Å². The first kappa shape index (κ1) is 14.1. The molecule has 1 atom stereocenters. The molecule has 0 saturated carbocycles. The molecule has 0 bridgehead atoms. The summed E-state index contributed by atoms with van der Waals surface area (Å²) in [6.45, 7) is 5.16. The predicted molar refractivity (Wildman–Crippen MR) is 74.7 cm³/mol. The summed E-state index contributed by atoms with van der Waals surface area (Å²) in [5.41, 5.74) is 0. The van der Waals surface area contributed by atoms with Crippen LogP contribution in [0.5, 0.6) is 0 Å². The van der Waals surface area contributed by atoms with Crippen molar-refractivity contribution in [2.75, 3.05) is 6.54 Å². The number of carbonyl (C=O) groups excluding carboxylic acids is 1. The number of aromatic nitrogens is 4. The number of hydrogen-bond acceptors (Lipinski definition) is 5. The van der Waals surface area contributed by atoms with Crippen LogP contribution in [0.1, 0.15) is 36.8 Å². The fourth-order valence-corrected chi connectivity index (χ4v) is 2.87. The first-order valence-electron chi connectivity index (χ1n) is 6.84. The van der Waals surface area contributed by atoms with Crippen LogP contribution in [0.2, 0.25) is 5.15 Å². The van der Waals surface area contributed by atoms with E-state index in [1.807, 2.05) is 11.8 Å². The number of carbonyl (C=O) groups is 1. The standard InChI is InChI=1S/C13H16ClN5O2/c1-8-6-18(7-12-16-15-9(2)19(8)12)13(20)4-3-10-5-11(14)17-21-10/h5,8H,3-4,6-7H2,1-2H3. The summed E-state index contributed by atoms with van der Waals surface area (Å²) >= 11 is 5.68. The quantitative estimate of drug-likeness (QED) is 0.863. The molecule has 0 aromatic carbocycles. The Morgan fingerprint density at radius 1 is 1.52 bits per heavy atom. The second-order valence-corrected chi connectivity index (χ2v) is 5.66. The van der Waals surface area contributed by atoms with Gasteiger partial charge in [0, 0.05) is 25.5 Å². The first-order valence-corrected chi connectivity index (χ1v) is 7.21. The van der Waals surface area contributed by atoms with E-state index in [9.17, 15) is 4.79 Å². The molecular weight excluding hydrogens is 294 g/mol. The topological polar surface area (TPSA) is 77.1 Å². The maximum absolute atomic E-state index is 12.3. The van der Waals surface area contributed by atoms with Gasteiger partial charge < -0.3 is 14.0 Å². The van der Waals surface area contributed by atoms with Crippen LogP contribution in [0, 0.1) is 6.92 Å². The number of hydrogen-bond donors (Lipinski definition) is 0. The Hall–Kier alpha value is -1.89. The molecule has 0 saturated heterocycles. The third kappa shape index (κ3) is 2.78. The molecule has 1 unspecified atom stereocenters. The molecule has 0 aliphatic carbocycles. The molecule has 0 spiro atoms. The average Bonchev–Trinajstić information content (AvgIpc) is 3.03. The normalized spacial score (nSPS) is 17.9. The summed E-state index contributed by atoms with van der Waals surface area (Å²) in [7, 11) is 0. The van der Waals surface area contributed by atoms with Crippen LogP contribution < -0.4 is 0 Å². The molecule has 1 amide bonds. The van der Waals surface area contributed by atoms with Crippen LogP contribution in [0.3, 0.4) is 0 Å². The molecule has 112 valence electrons. The summed E-state index contributed by atoms with van der Waals surface area (Å²) in [5.74, 6) is 2.42. The van der Waals surface area contributed by atoms with Crippen molar-refractivity contribution >= 4 is 17.5 Å². The maximum Gasteiger partial charge on any atom is 0.223 e. The zero-order valence-electron chi connectivity index (χ0n) is 11.9. The summed E-state index contributed by atoms with van der Waals surface area (Å²) < 4.78 is 7.09. The zero-order valence-corrected chi connectivity index (χ0v) is 12.7. The molecule has 3 heterocycles. The second-order valence-electron chi connectivity index (χ2n) is 5.27. The third-order valence-corrected chi connectivity index (χ3v) is 3.84. The molecule has 0 radical (unpaired) electrons. The largest absolute Gasteiger partial charge is 0.360 e. The van der Waals surface area contributed by atoms with Crippen molar-refractivity contribution in [1.82, 2.24) is 24.8 Å². The summed E-state index contributed by atoms with van der Waals surface area (Å²) in [6.07, 6.45) is 0.862. The molecule has 2 aromatic rings. The van der Waals surface area contributed by atoms with E-state index in [0.717, 1.165) is 11.6 Å². The lowest BCUT2D eigenvalue weighted by atomic mass is 10.2. The predicted octanol–water partition coefficient (Wildman–Crippen LogP) is 1.76. The van der Waals surface area contributed by atoms with Gasteiger partial charge >= 0.3 is 0 Å². The van der Waals surface area contributed by atoms with Gasteiger partial charge in [-0.15, -0.1) is 10.2 Å². The molecule has 0 N–H and O–H groups in total. The van der Waals surface area contributed by atoms with E-state index >= 15 is 0 Å². The maximum atomic E-state index is 12.3. The summed E-state index contributed by atoms with van der Waals surface area (Å²) in [5, 5.41) is 12.1. The van der Waals surface area contributed by atoms with Gasteiger partial charge in [-0.05, 0) is 13.8 Å². The van der Waals surface area contributed by atoms with E-state index in [-0.39, 0.29) is 11.9 Å². The molecule has 21 heavy (non-hydrogen) atoms. The summed E-state index contributed by atoms with van der Waals surface area (Å²) in [4.78, 5) is 14.1. The second kappa shape index (κ2) is 5.48. The smallest absolute Gasteiger partial charge is 0.223 e. The first-order chi connectivity index (χ1) is 10.0. The number of halogens is 1. The van der Waals surface area contributed by atoms with Gasteiger partial charge in [0.15, 0.2) is 11.0 Å². The highest BCUT2D eigenvalue weighted by molar-refractivity contribution is 6.29. The molecule has 3 rings (SSSR count). The Morgan fingerprint density at radius 2 is 2.33 bits per heavy atom. The van der Waals surface area contributed by atoms with Gasteiger partial charge in [0.25, 0.3) is 0 Å². The van der Waals surface area contributed by atoms with Crippen LogP contribution in [-0.2, 0) is 17.8 Å². The van der Waals surface area contributed by atoms with Crippen molar-refractivity contribution in [3.05, 3.63) is 28.6 Å². The fourth-order valence-electron chi connectivity index (χ4n) is 2.71. The highest BCUT2D eigenvalue weighted by atomic mass is 35.5. The van der Waals surface area contributed by atoms with Crippen molar-refractivity contribution < 1.29 is 9.32 Å². The van der Waals surface area contributed by atoms with Crippen LogP contribution in [0.15, 0.2) is 10.6 Å². The number of aryl methyl sites for hydroxylation is 2. The van der Waals surface area contributed by atoms with Crippen LogP contribution in [0.25, 0.3) is 0 Å². The Morgan fingerprint density at radius 3 is 3.05 bits per heavy atom. The highest BCUT2D eigenvalue weighted by Crippen LogP contribution is 2.22. The lowest BCUT2D eigenvalue weighted by Crippen LogP contribution is -2.40. The van der Waals surface area contributed by atoms with E-state index in [1.54, 1.807) is 6.07 Å². The van der Waals surface area contributed by atoms with E-state index in [2.05, 4.69) is 26.8 Å². The Labute approximate surface area is 126 Å². The van der Waals surface area contributed by atoms with Crippen molar-refractivity contribution in [3.63, 3.8) is 0 Å². The van der Waals surface area contributed by atoms with Gasteiger partial charge in [-0.25, -0.2) is 0 Å².